The van der Waals surface area contributed by atoms with Crippen LogP contribution in [0.15, 0.2) is 17.1 Å². The largest absolute Gasteiger partial charge is 0.357 e. The Morgan fingerprint density at radius 3 is 2.94 bits per heavy atom. The fourth-order valence-corrected chi connectivity index (χ4v) is 1.94. The third-order valence-corrected chi connectivity index (χ3v) is 2.82. The summed E-state index contributed by atoms with van der Waals surface area (Å²) in [6, 6.07) is 0. The Hall–Kier alpha value is -0.830. The van der Waals surface area contributed by atoms with Gasteiger partial charge in [0.25, 0.3) is 0 Å². The first-order chi connectivity index (χ1) is 7.88. The second-order valence-corrected chi connectivity index (χ2v) is 4.23. The Kier molecular flexibility index (Phi) is 6.90. The number of allylic oxidation sites excluding steroid dienone is 2. The quantitative estimate of drug-likeness (QED) is 0.506. The van der Waals surface area contributed by atoms with E-state index in [1.54, 1.807) is 0 Å². The molecule has 0 aromatic carbocycles. The molecule has 2 N–H and O–H groups in total. The van der Waals surface area contributed by atoms with E-state index in [2.05, 4.69) is 29.0 Å². The van der Waals surface area contributed by atoms with E-state index in [-0.39, 0.29) is 0 Å². The number of hydrogen-bond donors (Lipinski definition) is 1. The minimum absolute atomic E-state index is 0.732. The Morgan fingerprint density at radius 2 is 2.19 bits per heavy atom. The van der Waals surface area contributed by atoms with Crippen molar-refractivity contribution in [2.24, 2.45) is 10.7 Å². The molecule has 0 saturated heterocycles. The zero-order valence-electron chi connectivity index (χ0n) is 10.5. The first kappa shape index (κ1) is 13.2. The van der Waals surface area contributed by atoms with Crippen LogP contribution in [0.3, 0.4) is 0 Å². The van der Waals surface area contributed by atoms with Crippen molar-refractivity contribution < 1.29 is 0 Å². The molecule has 3 heteroatoms. The van der Waals surface area contributed by atoms with Crippen LogP contribution in [0.4, 0.5) is 0 Å². The van der Waals surface area contributed by atoms with E-state index in [1.807, 2.05) is 0 Å². The summed E-state index contributed by atoms with van der Waals surface area (Å²) >= 11 is 0. The van der Waals surface area contributed by atoms with Gasteiger partial charge < -0.3 is 10.6 Å². The molecule has 0 unspecified atom stereocenters. The molecule has 0 spiro atoms. The summed E-state index contributed by atoms with van der Waals surface area (Å²) in [6.07, 6.45) is 10.5. The number of nitrogens with zero attached hydrogens (tertiary/aromatic N) is 2. The third kappa shape index (κ3) is 4.79. The van der Waals surface area contributed by atoms with Gasteiger partial charge in [-0.3, -0.25) is 4.99 Å². The van der Waals surface area contributed by atoms with E-state index in [4.69, 9.17) is 5.73 Å². The van der Waals surface area contributed by atoms with Crippen LogP contribution in [0.5, 0.6) is 0 Å². The van der Waals surface area contributed by atoms with Crippen LogP contribution in [0.25, 0.3) is 0 Å². The van der Waals surface area contributed by atoms with E-state index in [0.717, 1.165) is 32.6 Å². The van der Waals surface area contributed by atoms with Crippen molar-refractivity contribution in [3.63, 3.8) is 0 Å². The van der Waals surface area contributed by atoms with E-state index in [1.165, 1.54) is 31.5 Å². The highest BCUT2D eigenvalue weighted by Gasteiger charge is 2.14. The molecule has 3 nitrogen and oxygen atoms in total. The highest BCUT2D eigenvalue weighted by atomic mass is 15.2. The van der Waals surface area contributed by atoms with Crippen molar-refractivity contribution >= 4 is 5.84 Å². The highest BCUT2D eigenvalue weighted by molar-refractivity contribution is 5.83. The predicted molar refractivity (Wildman–Crippen MR) is 70.8 cm³/mol. The maximum Gasteiger partial charge on any atom is 0.0990 e. The molecule has 0 radical (unpaired) electrons. The summed E-state index contributed by atoms with van der Waals surface area (Å²) < 4.78 is 0. The molecule has 1 aliphatic rings. The molecule has 0 bridgehead atoms. The molecule has 92 valence electrons. The van der Waals surface area contributed by atoms with Gasteiger partial charge in [-0.15, -0.1) is 0 Å². The average molecular weight is 223 g/mol. The lowest BCUT2D eigenvalue weighted by atomic mass is 10.2. The van der Waals surface area contributed by atoms with Gasteiger partial charge in [0.2, 0.25) is 0 Å². The van der Waals surface area contributed by atoms with E-state index < -0.39 is 0 Å². The summed E-state index contributed by atoms with van der Waals surface area (Å²) in [7, 11) is 0. The number of unbranched alkanes of at least 4 members (excludes halogenated alkanes) is 2. The summed E-state index contributed by atoms with van der Waals surface area (Å²) in [5, 5.41) is 0. The van der Waals surface area contributed by atoms with Gasteiger partial charge in [-0.2, -0.15) is 0 Å². The molecule has 0 amide bonds. The van der Waals surface area contributed by atoms with Gasteiger partial charge in [0.1, 0.15) is 0 Å². The van der Waals surface area contributed by atoms with E-state index in [9.17, 15) is 0 Å². The minimum Gasteiger partial charge on any atom is -0.357 e. The zero-order chi connectivity index (χ0) is 11.6. The van der Waals surface area contributed by atoms with Crippen molar-refractivity contribution in [2.75, 3.05) is 26.2 Å². The Bertz CT molecular complexity index is 233. The van der Waals surface area contributed by atoms with Gasteiger partial charge in [-0.1, -0.05) is 25.5 Å². The number of hydrogen-bond acceptors (Lipinski definition) is 3. The summed E-state index contributed by atoms with van der Waals surface area (Å²) in [5.41, 5.74) is 5.57. The first-order valence-corrected chi connectivity index (χ1v) is 6.51. The monoisotopic (exact) mass is 223 g/mol. The van der Waals surface area contributed by atoms with Crippen molar-refractivity contribution in [3.05, 3.63) is 12.2 Å². The number of amidine groups is 1. The van der Waals surface area contributed by atoms with Crippen LogP contribution in [-0.2, 0) is 0 Å². The fraction of sp³-hybridized carbons (Fsp3) is 0.769. The van der Waals surface area contributed by atoms with E-state index in [0.29, 0.717) is 0 Å². The second-order valence-electron chi connectivity index (χ2n) is 4.23. The van der Waals surface area contributed by atoms with Gasteiger partial charge in [0, 0.05) is 26.1 Å². The van der Waals surface area contributed by atoms with Gasteiger partial charge in [-0.25, -0.2) is 0 Å². The lowest BCUT2D eigenvalue weighted by Crippen LogP contribution is -2.32. The van der Waals surface area contributed by atoms with Crippen LogP contribution in [-0.4, -0.2) is 36.9 Å². The molecular weight excluding hydrogens is 198 g/mol. The molecule has 1 heterocycles. The Labute approximate surface area is 99.4 Å². The average Bonchev–Trinajstić information content (AvgIpc) is 2.72. The van der Waals surface area contributed by atoms with Gasteiger partial charge in [0.05, 0.1) is 12.4 Å². The van der Waals surface area contributed by atoms with Crippen LogP contribution in [0.2, 0.25) is 0 Å². The first-order valence-electron chi connectivity index (χ1n) is 6.51. The van der Waals surface area contributed by atoms with Gasteiger partial charge in [-0.05, 0) is 19.3 Å². The lowest BCUT2D eigenvalue weighted by molar-refractivity contribution is 0.458. The van der Waals surface area contributed by atoms with Crippen LogP contribution in [0.1, 0.15) is 39.0 Å². The van der Waals surface area contributed by atoms with Crippen molar-refractivity contribution in [1.82, 2.24) is 4.90 Å². The molecule has 1 rings (SSSR count). The van der Waals surface area contributed by atoms with Crippen molar-refractivity contribution in [1.29, 1.82) is 0 Å². The molecule has 16 heavy (non-hydrogen) atoms. The lowest BCUT2D eigenvalue weighted by Gasteiger charge is -2.18. The predicted octanol–water partition coefficient (Wildman–Crippen LogP) is 2.19. The second kappa shape index (κ2) is 8.34. The molecule has 0 aliphatic carbocycles. The van der Waals surface area contributed by atoms with E-state index >= 15 is 0 Å². The fourth-order valence-electron chi connectivity index (χ4n) is 1.94. The standard InChI is InChI=1S/C13H25N3/c1-2-3-4-5-6-7-8-13-15-10-12-16(13)11-9-14/h4-5H,2-3,6-12,14H2,1H3/b5-4+. The maximum absolute atomic E-state index is 5.57. The van der Waals surface area contributed by atoms with Crippen molar-refractivity contribution in [2.45, 2.75) is 39.0 Å². The Balaban J connectivity index is 2.12. The maximum atomic E-state index is 5.57. The van der Waals surface area contributed by atoms with Crippen LogP contribution < -0.4 is 5.73 Å². The molecule has 0 atom stereocenters. The molecule has 0 aromatic rings. The minimum atomic E-state index is 0.732. The molecule has 0 saturated carbocycles. The Morgan fingerprint density at radius 1 is 1.38 bits per heavy atom. The number of nitrogens with two attached hydrogens (primary N) is 1. The van der Waals surface area contributed by atoms with Gasteiger partial charge in [0.15, 0.2) is 0 Å². The molecular formula is C13H25N3. The van der Waals surface area contributed by atoms with Crippen LogP contribution in [0, 0.1) is 0 Å². The molecule has 1 aliphatic heterocycles. The summed E-state index contributed by atoms with van der Waals surface area (Å²) in [6.45, 7) is 5.93. The number of rotatable bonds is 8. The number of aliphatic imine (C=N–C) groups is 1. The van der Waals surface area contributed by atoms with Gasteiger partial charge >= 0.3 is 0 Å². The molecule has 0 fully saturated rings. The van der Waals surface area contributed by atoms with Crippen LogP contribution >= 0.6 is 0 Å². The smallest absolute Gasteiger partial charge is 0.0990 e. The summed E-state index contributed by atoms with van der Waals surface area (Å²) in [5.74, 6) is 1.27. The summed E-state index contributed by atoms with van der Waals surface area (Å²) in [4.78, 5) is 6.86. The van der Waals surface area contributed by atoms with Crippen molar-refractivity contribution in [3.8, 4) is 0 Å². The SMILES string of the molecule is CCC/C=C/CCCC1=NCCN1CCN. The topological polar surface area (TPSA) is 41.6 Å². The normalized spacial score (nSPS) is 16.1. The highest BCUT2D eigenvalue weighted by Crippen LogP contribution is 2.08. The third-order valence-electron chi connectivity index (χ3n) is 2.82. The zero-order valence-corrected chi connectivity index (χ0v) is 10.5. The molecule has 0 aromatic heterocycles.